The van der Waals surface area contributed by atoms with Gasteiger partial charge in [0.2, 0.25) is 0 Å². The van der Waals surface area contributed by atoms with E-state index in [1.54, 1.807) is 30.3 Å². The average molecular weight is 406 g/mol. The van der Waals surface area contributed by atoms with Crippen LogP contribution in [0.3, 0.4) is 0 Å². The van der Waals surface area contributed by atoms with E-state index in [1.807, 2.05) is 31.2 Å². The molecular formula is C22H22N4O4. The highest BCUT2D eigenvalue weighted by Gasteiger charge is 2.13. The van der Waals surface area contributed by atoms with Crippen molar-refractivity contribution >= 4 is 18.1 Å². The van der Waals surface area contributed by atoms with Gasteiger partial charge >= 0.3 is 5.97 Å². The van der Waals surface area contributed by atoms with Crippen molar-refractivity contribution in [3.8, 4) is 17.0 Å². The minimum Gasteiger partial charge on any atom is -0.493 e. The van der Waals surface area contributed by atoms with Crippen molar-refractivity contribution in [2.24, 2.45) is 5.10 Å². The molecule has 0 saturated heterocycles. The van der Waals surface area contributed by atoms with E-state index in [1.165, 1.54) is 13.3 Å². The summed E-state index contributed by atoms with van der Waals surface area (Å²) in [5.74, 6) is -0.127. The first-order chi connectivity index (χ1) is 14.6. The van der Waals surface area contributed by atoms with E-state index in [0.29, 0.717) is 23.6 Å². The van der Waals surface area contributed by atoms with Crippen LogP contribution in [0.5, 0.6) is 5.75 Å². The largest absolute Gasteiger partial charge is 0.493 e. The van der Waals surface area contributed by atoms with Crippen molar-refractivity contribution < 1.29 is 19.1 Å². The van der Waals surface area contributed by atoms with Crippen LogP contribution in [0.4, 0.5) is 0 Å². The highest BCUT2D eigenvalue weighted by molar-refractivity contribution is 5.94. The summed E-state index contributed by atoms with van der Waals surface area (Å²) in [6, 6.07) is 15.8. The van der Waals surface area contributed by atoms with Gasteiger partial charge in [-0.3, -0.25) is 9.89 Å². The summed E-state index contributed by atoms with van der Waals surface area (Å²) in [6.45, 7) is 2.64. The molecule has 2 aromatic carbocycles. The van der Waals surface area contributed by atoms with Gasteiger partial charge < -0.3 is 9.47 Å². The zero-order chi connectivity index (χ0) is 21.3. The molecule has 1 heterocycles. The second-order valence-electron chi connectivity index (χ2n) is 6.32. The maximum atomic E-state index is 12.3. The number of nitrogens with zero attached hydrogens (tertiary/aromatic N) is 2. The summed E-state index contributed by atoms with van der Waals surface area (Å²) in [4.78, 5) is 23.8. The Morgan fingerprint density at radius 2 is 1.93 bits per heavy atom. The van der Waals surface area contributed by atoms with E-state index in [-0.39, 0.29) is 5.69 Å². The summed E-state index contributed by atoms with van der Waals surface area (Å²) in [5, 5.41) is 10.9. The number of benzene rings is 2. The lowest BCUT2D eigenvalue weighted by Crippen LogP contribution is -2.18. The fourth-order valence-corrected chi connectivity index (χ4v) is 2.64. The van der Waals surface area contributed by atoms with Gasteiger partial charge in [0.1, 0.15) is 11.4 Å². The number of nitrogens with one attached hydrogen (secondary N) is 2. The fraction of sp³-hybridized carbons (Fsp3) is 0.182. The molecule has 0 radical (unpaired) electrons. The molecule has 0 atom stereocenters. The van der Waals surface area contributed by atoms with Crippen LogP contribution in [0.25, 0.3) is 11.3 Å². The van der Waals surface area contributed by atoms with E-state index in [0.717, 1.165) is 17.5 Å². The number of hydrogen-bond donors (Lipinski definition) is 2. The van der Waals surface area contributed by atoms with Crippen molar-refractivity contribution in [3.05, 3.63) is 71.4 Å². The molecular weight excluding hydrogens is 384 g/mol. The first-order valence-corrected chi connectivity index (χ1v) is 9.41. The average Bonchev–Trinajstić information content (AvgIpc) is 3.28. The summed E-state index contributed by atoms with van der Waals surface area (Å²) in [5.41, 5.74) is 5.28. The molecule has 30 heavy (non-hydrogen) atoms. The van der Waals surface area contributed by atoms with Crippen molar-refractivity contribution in [3.63, 3.8) is 0 Å². The van der Waals surface area contributed by atoms with Gasteiger partial charge in [-0.05, 0) is 42.3 Å². The van der Waals surface area contributed by atoms with Crippen molar-refractivity contribution in [2.75, 3.05) is 13.7 Å². The highest BCUT2D eigenvalue weighted by atomic mass is 16.5. The number of ether oxygens (including phenoxy) is 2. The SMILES string of the molecule is CCCOc1ccccc1-c1cc(C(=O)N/N=C/c2ccc(C(=O)OC)cc2)[nH]n1. The summed E-state index contributed by atoms with van der Waals surface area (Å²) < 4.78 is 10.4. The first-order valence-electron chi connectivity index (χ1n) is 9.41. The van der Waals surface area contributed by atoms with E-state index >= 15 is 0 Å². The Labute approximate surface area is 173 Å². The van der Waals surface area contributed by atoms with Gasteiger partial charge in [0.15, 0.2) is 0 Å². The monoisotopic (exact) mass is 406 g/mol. The van der Waals surface area contributed by atoms with Crippen molar-refractivity contribution in [2.45, 2.75) is 13.3 Å². The minimum absolute atomic E-state index is 0.272. The molecule has 8 heteroatoms. The van der Waals surface area contributed by atoms with Crippen LogP contribution in [0.15, 0.2) is 59.7 Å². The Kier molecular flexibility index (Phi) is 6.94. The second kappa shape index (κ2) is 10.0. The molecule has 0 aliphatic rings. The number of esters is 1. The number of aromatic amines is 1. The third kappa shape index (κ3) is 5.11. The Hall–Kier alpha value is -3.94. The van der Waals surface area contributed by atoms with E-state index in [2.05, 4.69) is 25.5 Å². The number of rotatable bonds is 8. The maximum Gasteiger partial charge on any atom is 0.337 e. The second-order valence-corrected chi connectivity index (χ2v) is 6.32. The lowest BCUT2D eigenvalue weighted by atomic mass is 10.1. The predicted octanol–water partition coefficient (Wildman–Crippen LogP) is 3.42. The minimum atomic E-state index is -0.428. The molecule has 8 nitrogen and oxygen atoms in total. The van der Waals surface area contributed by atoms with Gasteiger partial charge in [-0.2, -0.15) is 10.2 Å². The molecule has 154 valence electrons. The van der Waals surface area contributed by atoms with E-state index in [9.17, 15) is 9.59 Å². The molecule has 3 rings (SSSR count). The molecule has 0 saturated carbocycles. The zero-order valence-electron chi connectivity index (χ0n) is 16.7. The topological polar surface area (TPSA) is 106 Å². The molecule has 1 aromatic heterocycles. The highest BCUT2D eigenvalue weighted by Crippen LogP contribution is 2.28. The summed E-state index contributed by atoms with van der Waals surface area (Å²) in [7, 11) is 1.32. The quantitative estimate of drug-likeness (QED) is 0.339. The number of aromatic nitrogens is 2. The van der Waals surface area contributed by atoms with Crippen molar-refractivity contribution in [1.82, 2.24) is 15.6 Å². The summed E-state index contributed by atoms with van der Waals surface area (Å²) >= 11 is 0. The van der Waals surface area contributed by atoms with Crippen molar-refractivity contribution in [1.29, 1.82) is 0 Å². The number of methoxy groups -OCH3 is 1. The zero-order valence-corrected chi connectivity index (χ0v) is 16.7. The van der Waals surface area contributed by atoms with Gasteiger partial charge in [0.25, 0.3) is 5.91 Å². The van der Waals surface area contributed by atoms with Crippen LogP contribution < -0.4 is 10.2 Å². The smallest absolute Gasteiger partial charge is 0.337 e. The fourth-order valence-electron chi connectivity index (χ4n) is 2.64. The Morgan fingerprint density at radius 3 is 2.67 bits per heavy atom. The lowest BCUT2D eigenvalue weighted by Gasteiger charge is -2.08. The van der Waals surface area contributed by atoms with Crippen LogP contribution in [0.1, 0.15) is 39.8 Å². The molecule has 0 bridgehead atoms. The maximum absolute atomic E-state index is 12.3. The van der Waals surface area contributed by atoms with Gasteiger partial charge in [0.05, 0.1) is 31.2 Å². The van der Waals surface area contributed by atoms with Gasteiger partial charge in [0, 0.05) is 5.56 Å². The molecule has 0 spiro atoms. The molecule has 2 N–H and O–H groups in total. The van der Waals surface area contributed by atoms with Gasteiger partial charge in [-0.1, -0.05) is 31.2 Å². The molecule has 1 amide bonds. The van der Waals surface area contributed by atoms with Crippen LogP contribution in [-0.2, 0) is 4.74 Å². The predicted molar refractivity (Wildman–Crippen MR) is 113 cm³/mol. The Balaban J connectivity index is 1.64. The molecule has 0 unspecified atom stereocenters. The third-order valence-electron chi connectivity index (χ3n) is 4.16. The lowest BCUT2D eigenvalue weighted by molar-refractivity contribution is 0.0600. The first kappa shape index (κ1) is 20.8. The number of carbonyl (C=O) groups is 2. The number of amides is 1. The number of hydrogen-bond acceptors (Lipinski definition) is 6. The van der Waals surface area contributed by atoms with Crippen LogP contribution >= 0.6 is 0 Å². The van der Waals surface area contributed by atoms with Crippen LogP contribution in [0, 0.1) is 0 Å². The normalized spacial score (nSPS) is 10.7. The number of hydrazone groups is 1. The molecule has 0 aliphatic carbocycles. The van der Waals surface area contributed by atoms with Crippen LogP contribution in [-0.4, -0.2) is 42.0 Å². The van der Waals surface area contributed by atoms with Crippen LogP contribution in [0.2, 0.25) is 0 Å². The number of para-hydroxylation sites is 1. The molecule has 0 fully saturated rings. The Morgan fingerprint density at radius 1 is 1.17 bits per heavy atom. The number of carbonyl (C=O) groups excluding carboxylic acids is 2. The molecule has 3 aromatic rings. The van der Waals surface area contributed by atoms with E-state index < -0.39 is 11.9 Å². The van der Waals surface area contributed by atoms with Gasteiger partial charge in [-0.25, -0.2) is 10.2 Å². The molecule has 0 aliphatic heterocycles. The third-order valence-corrected chi connectivity index (χ3v) is 4.16. The number of H-pyrrole nitrogens is 1. The Bertz CT molecular complexity index is 1040. The van der Waals surface area contributed by atoms with E-state index in [4.69, 9.17) is 4.74 Å². The summed E-state index contributed by atoms with van der Waals surface area (Å²) in [6.07, 6.45) is 2.37. The van der Waals surface area contributed by atoms with Gasteiger partial charge in [-0.15, -0.1) is 0 Å². The standard InChI is InChI=1S/C22H22N4O4/c1-3-12-30-20-7-5-4-6-17(20)18-13-19(25-24-18)21(27)26-23-14-15-8-10-16(11-9-15)22(28)29-2/h4-11,13-14H,3,12H2,1-2H3,(H,24,25)(H,26,27)/b23-14+.